The van der Waals surface area contributed by atoms with Crippen molar-refractivity contribution in [1.82, 2.24) is 0 Å². The fourth-order valence-electron chi connectivity index (χ4n) is 3.01. The molecule has 1 aliphatic rings. The molecule has 18 heavy (non-hydrogen) atoms. The standard InChI is InChI=1S/C14H18F3N/c15-14(16,17)13-8-4-3-7-11(13)12(9-18)10-5-1-2-6-10/h3-4,7-8,10,12H,1-2,5-6,9,18H2. The molecule has 0 saturated heterocycles. The summed E-state index contributed by atoms with van der Waals surface area (Å²) in [4.78, 5) is 0. The fourth-order valence-corrected chi connectivity index (χ4v) is 3.01. The van der Waals surface area contributed by atoms with Gasteiger partial charge in [0.25, 0.3) is 0 Å². The van der Waals surface area contributed by atoms with Gasteiger partial charge in [-0.3, -0.25) is 0 Å². The largest absolute Gasteiger partial charge is 0.416 e. The first-order valence-corrected chi connectivity index (χ1v) is 6.40. The van der Waals surface area contributed by atoms with Crippen molar-refractivity contribution < 1.29 is 13.2 Å². The van der Waals surface area contributed by atoms with Crippen molar-refractivity contribution in [2.45, 2.75) is 37.8 Å². The summed E-state index contributed by atoms with van der Waals surface area (Å²) >= 11 is 0. The van der Waals surface area contributed by atoms with Crippen molar-refractivity contribution in [3.8, 4) is 0 Å². The van der Waals surface area contributed by atoms with Crippen molar-refractivity contribution in [3.05, 3.63) is 35.4 Å². The van der Waals surface area contributed by atoms with Crippen LogP contribution in [0.5, 0.6) is 0 Å². The minimum atomic E-state index is -4.29. The minimum Gasteiger partial charge on any atom is -0.330 e. The van der Waals surface area contributed by atoms with Gasteiger partial charge in [0.1, 0.15) is 0 Å². The van der Waals surface area contributed by atoms with Gasteiger partial charge in [0.2, 0.25) is 0 Å². The number of halogens is 3. The molecule has 2 rings (SSSR count). The summed E-state index contributed by atoms with van der Waals surface area (Å²) in [6.07, 6.45) is -0.0879. The molecule has 0 spiro atoms. The number of nitrogens with two attached hydrogens (primary N) is 1. The van der Waals surface area contributed by atoms with Crippen LogP contribution < -0.4 is 5.73 Å². The molecule has 1 aromatic carbocycles. The SMILES string of the molecule is NCC(c1ccccc1C(F)(F)F)C1CCCC1. The second-order valence-corrected chi connectivity index (χ2v) is 4.97. The molecule has 0 bridgehead atoms. The predicted molar refractivity (Wildman–Crippen MR) is 65.2 cm³/mol. The third kappa shape index (κ3) is 2.69. The lowest BCUT2D eigenvalue weighted by Gasteiger charge is -2.25. The van der Waals surface area contributed by atoms with E-state index in [9.17, 15) is 13.2 Å². The molecule has 1 nitrogen and oxygen atoms in total. The van der Waals surface area contributed by atoms with E-state index >= 15 is 0 Å². The molecule has 0 radical (unpaired) electrons. The van der Waals surface area contributed by atoms with Crippen LogP contribution in [0.4, 0.5) is 13.2 Å². The summed E-state index contributed by atoms with van der Waals surface area (Å²) in [6, 6.07) is 5.85. The molecule has 1 saturated carbocycles. The molecule has 2 N–H and O–H groups in total. The van der Waals surface area contributed by atoms with E-state index < -0.39 is 11.7 Å². The maximum Gasteiger partial charge on any atom is 0.416 e. The Kier molecular flexibility index (Phi) is 3.95. The van der Waals surface area contributed by atoms with Crippen molar-refractivity contribution >= 4 is 0 Å². The lowest BCUT2D eigenvalue weighted by molar-refractivity contribution is -0.138. The van der Waals surface area contributed by atoms with E-state index in [1.807, 2.05) is 0 Å². The van der Waals surface area contributed by atoms with E-state index in [0.29, 0.717) is 11.5 Å². The fraction of sp³-hybridized carbons (Fsp3) is 0.571. The highest BCUT2D eigenvalue weighted by Crippen LogP contribution is 2.41. The summed E-state index contributed by atoms with van der Waals surface area (Å²) in [6.45, 7) is 0.289. The molecule has 0 amide bonds. The lowest BCUT2D eigenvalue weighted by Crippen LogP contribution is -2.23. The minimum absolute atomic E-state index is 0.162. The Bertz CT molecular complexity index is 394. The van der Waals surface area contributed by atoms with Gasteiger partial charge in [-0.15, -0.1) is 0 Å². The molecule has 1 aromatic rings. The van der Waals surface area contributed by atoms with Gasteiger partial charge in [-0.2, -0.15) is 13.2 Å². The van der Waals surface area contributed by atoms with Gasteiger partial charge in [0.05, 0.1) is 5.56 Å². The van der Waals surface area contributed by atoms with Gasteiger partial charge in [-0.1, -0.05) is 31.0 Å². The van der Waals surface area contributed by atoms with Crippen LogP contribution in [0, 0.1) is 5.92 Å². The summed E-state index contributed by atoms with van der Waals surface area (Å²) in [5, 5.41) is 0. The van der Waals surface area contributed by atoms with E-state index in [2.05, 4.69) is 0 Å². The average Bonchev–Trinajstić information content (AvgIpc) is 2.83. The van der Waals surface area contributed by atoms with Crippen LogP contribution >= 0.6 is 0 Å². The quantitative estimate of drug-likeness (QED) is 0.872. The monoisotopic (exact) mass is 257 g/mol. The number of rotatable bonds is 3. The van der Waals surface area contributed by atoms with Gasteiger partial charge in [0.15, 0.2) is 0 Å². The van der Waals surface area contributed by atoms with Gasteiger partial charge < -0.3 is 5.73 Å². The number of benzene rings is 1. The Morgan fingerprint density at radius 2 is 1.78 bits per heavy atom. The number of hydrogen-bond acceptors (Lipinski definition) is 1. The zero-order chi connectivity index (χ0) is 13.2. The van der Waals surface area contributed by atoms with Crippen LogP contribution in [0.1, 0.15) is 42.7 Å². The Hall–Kier alpha value is -1.03. The smallest absolute Gasteiger partial charge is 0.330 e. The first kappa shape index (κ1) is 13.4. The summed E-state index contributed by atoms with van der Waals surface area (Å²) in [5.41, 5.74) is 5.58. The zero-order valence-electron chi connectivity index (χ0n) is 10.2. The van der Waals surface area contributed by atoms with Crippen LogP contribution in [-0.2, 0) is 6.18 Å². The molecular weight excluding hydrogens is 239 g/mol. The topological polar surface area (TPSA) is 26.0 Å². The molecule has 1 fully saturated rings. The average molecular weight is 257 g/mol. The lowest BCUT2D eigenvalue weighted by atomic mass is 9.82. The van der Waals surface area contributed by atoms with Gasteiger partial charge in [0, 0.05) is 0 Å². The van der Waals surface area contributed by atoms with Crippen LogP contribution in [-0.4, -0.2) is 6.54 Å². The number of alkyl halides is 3. The van der Waals surface area contributed by atoms with Gasteiger partial charge in [-0.05, 0) is 42.9 Å². The Morgan fingerprint density at radius 3 is 2.33 bits per heavy atom. The van der Waals surface area contributed by atoms with Gasteiger partial charge in [-0.25, -0.2) is 0 Å². The molecule has 100 valence electrons. The van der Waals surface area contributed by atoms with Crippen molar-refractivity contribution in [1.29, 1.82) is 0 Å². The van der Waals surface area contributed by atoms with Crippen LogP contribution in [0.25, 0.3) is 0 Å². The Labute approximate surface area is 105 Å². The second kappa shape index (κ2) is 5.31. The van der Waals surface area contributed by atoms with E-state index in [1.54, 1.807) is 12.1 Å². The van der Waals surface area contributed by atoms with Gasteiger partial charge >= 0.3 is 6.18 Å². The van der Waals surface area contributed by atoms with E-state index in [4.69, 9.17) is 5.73 Å². The summed E-state index contributed by atoms with van der Waals surface area (Å²) < 4.78 is 39.0. The molecule has 1 aliphatic carbocycles. The molecule has 4 heteroatoms. The highest BCUT2D eigenvalue weighted by atomic mass is 19.4. The number of hydrogen-bond donors (Lipinski definition) is 1. The molecule has 1 unspecified atom stereocenters. The Morgan fingerprint density at radius 1 is 1.17 bits per heavy atom. The molecule has 0 aromatic heterocycles. The summed E-state index contributed by atoms with van der Waals surface area (Å²) in [5.74, 6) is 0.142. The predicted octanol–water partition coefficient (Wildman–Crippen LogP) is 3.94. The van der Waals surface area contributed by atoms with Crippen molar-refractivity contribution in [3.63, 3.8) is 0 Å². The van der Waals surface area contributed by atoms with Crippen LogP contribution in [0.2, 0.25) is 0 Å². The second-order valence-electron chi connectivity index (χ2n) is 4.97. The first-order valence-electron chi connectivity index (χ1n) is 6.40. The molecular formula is C14H18F3N. The third-order valence-electron chi connectivity index (χ3n) is 3.89. The first-order chi connectivity index (χ1) is 8.54. The summed E-state index contributed by atoms with van der Waals surface area (Å²) in [7, 11) is 0. The molecule has 0 aliphatic heterocycles. The molecule has 0 heterocycles. The van der Waals surface area contributed by atoms with E-state index in [-0.39, 0.29) is 12.5 Å². The third-order valence-corrected chi connectivity index (χ3v) is 3.89. The Balaban J connectivity index is 2.35. The van der Waals surface area contributed by atoms with Crippen LogP contribution in [0.3, 0.4) is 0 Å². The highest BCUT2D eigenvalue weighted by molar-refractivity contribution is 5.33. The van der Waals surface area contributed by atoms with E-state index in [0.717, 1.165) is 31.7 Å². The molecule has 1 atom stereocenters. The van der Waals surface area contributed by atoms with Crippen LogP contribution in [0.15, 0.2) is 24.3 Å². The normalized spacial score (nSPS) is 19.1. The van der Waals surface area contributed by atoms with Crippen molar-refractivity contribution in [2.75, 3.05) is 6.54 Å². The zero-order valence-corrected chi connectivity index (χ0v) is 10.2. The van der Waals surface area contributed by atoms with Crippen molar-refractivity contribution in [2.24, 2.45) is 11.7 Å². The highest BCUT2D eigenvalue weighted by Gasteiger charge is 2.36. The maximum atomic E-state index is 13.0. The maximum absolute atomic E-state index is 13.0. The van der Waals surface area contributed by atoms with E-state index in [1.165, 1.54) is 6.07 Å².